The molecule has 0 spiro atoms. The molecule has 1 amide bonds. The lowest BCUT2D eigenvalue weighted by molar-refractivity contribution is -0.118. The minimum atomic E-state index is 0.215. The monoisotopic (exact) mass is 233 g/mol. The maximum atomic E-state index is 11.9. The second kappa shape index (κ2) is 7.10. The highest BCUT2D eigenvalue weighted by Gasteiger charge is 2.13. The predicted octanol–water partition coefficient (Wildman–Crippen LogP) is 3.79. The van der Waals surface area contributed by atoms with Gasteiger partial charge in [-0.3, -0.25) is 4.79 Å². The summed E-state index contributed by atoms with van der Waals surface area (Å²) in [5.41, 5.74) is 2.33. The van der Waals surface area contributed by atoms with Crippen LogP contribution in [0.4, 0.5) is 5.69 Å². The third kappa shape index (κ3) is 3.88. The van der Waals surface area contributed by atoms with Crippen LogP contribution < -0.4 is 4.90 Å². The van der Waals surface area contributed by atoms with Crippen molar-refractivity contribution in [3.8, 4) is 0 Å². The number of hydrogen-bond donors (Lipinski definition) is 0. The van der Waals surface area contributed by atoms with E-state index < -0.39 is 0 Å². The summed E-state index contributed by atoms with van der Waals surface area (Å²) in [5.74, 6) is 0.215. The molecule has 2 nitrogen and oxygen atoms in total. The van der Waals surface area contributed by atoms with Crippen LogP contribution in [0.1, 0.15) is 45.6 Å². The first-order valence-electron chi connectivity index (χ1n) is 6.62. The van der Waals surface area contributed by atoms with Crippen molar-refractivity contribution in [1.82, 2.24) is 0 Å². The minimum Gasteiger partial charge on any atom is -0.312 e. The third-order valence-electron chi connectivity index (χ3n) is 2.97. The van der Waals surface area contributed by atoms with E-state index in [0.29, 0.717) is 6.42 Å². The zero-order valence-corrected chi connectivity index (χ0v) is 11.2. The molecule has 1 aromatic rings. The van der Waals surface area contributed by atoms with Crippen LogP contribution in [0.3, 0.4) is 0 Å². The van der Waals surface area contributed by atoms with Crippen molar-refractivity contribution in [3.63, 3.8) is 0 Å². The van der Waals surface area contributed by atoms with Crippen LogP contribution in [-0.4, -0.2) is 12.5 Å². The van der Waals surface area contributed by atoms with E-state index in [-0.39, 0.29) is 5.91 Å². The molecule has 0 fully saturated rings. The molecule has 2 heteroatoms. The zero-order valence-electron chi connectivity index (χ0n) is 11.2. The van der Waals surface area contributed by atoms with Gasteiger partial charge in [0, 0.05) is 18.7 Å². The van der Waals surface area contributed by atoms with Gasteiger partial charge in [0.15, 0.2) is 0 Å². The minimum absolute atomic E-state index is 0.215. The quantitative estimate of drug-likeness (QED) is 0.732. The highest BCUT2D eigenvalue weighted by molar-refractivity contribution is 5.93. The Hall–Kier alpha value is -1.31. The Morgan fingerprint density at radius 1 is 1.24 bits per heavy atom. The van der Waals surface area contributed by atoms with E-state index in [1.165, 1.54) is 5.56 Å². The van der Waals surface area contributed by atoms with Crippen LogP contribution >= 0.6 is 0 Å². The molecule has 0 N–H and O–H groups in total. The van der Waals surface area contributed by atoms with E-state index in [4.69, 9.17) is 0 Å². The molecule has 0 saturated heterocycles. The van der Waals surface area contributed by atoms with E-state index in [1.807, 2.05) is 24.0 Å². The van der Waals surface area contributed by atoms with Gasteiger partial charge in [0.25, 0.3) is 0 Å². The van der Waals surface area contributed by atoms with E-state index in [9.17, 15) is 4.79 Å². The fraction of sp³-hybridized carbons (Fsp3) is 0.533. The number of nitrogens with zero attached hydrogens (tertiary/aromatic N) is 1. The lowest BCUT2D eigenvalue weighted by Gasteiger charge is -2.22. The van der Waals surface area contributed by atoms with Gasteiger partial charge in [0.1, 0.15) is 0 Å². The van der Waals surface area contributed by atoms with Gasteiger partial charge < -0.3 is 4.90 Å². The summed E-state index contributed by atoms with van der Waals surface area (Å²) in [6, 6.07) is 8.31. The average molecular weight is 233 g/mol. The van der Waals surface area contributed by atoms with E-state index in [1.54, 1.807) is 0 Å². The van der Waals surface area contributed by atoms with Gasteiger partial charge in [-0.05, 0) is 30.5 Å². The standard InChI is InChI=1S/C15H23NO/c1-4-7-11-16(15(17)6-3)14-10-8-9-13(5-2)12-14/h8-10,12H,4-7,11H2,1-3H3. The second-order valence-corrected chi connectivity index (χ2v) is 4.28. The van der Waals surface area contributed by atoms with Crippen molar-refractivity contribution < 1.29 is 4.79 Å². The van der Waals surface area contributed by atoms with Gasteiger partial charge in [0.05, 0.1) is 0 Å². The molecule has 0 bridgehead atoms. The number of anilines is 1. The Morgan fingerprint density at radius 3 is 2.59 bits per heavy atom. The summed E-state index contributed by atoms with van der Waals surface area (Å²) >= 11 is 0. The van der Waals surface area contributed by atoms with Crippen LogP contribution in [-0.2, 0) is 11.2 Å². The van der Waals surface area contributed by atoms with Crippen molar-refractivity contribution in [2.24, 2.45) is 0 Å². The molecular weight excluding hydrogens is 210 g/mol. The summed E-state index contributed by atoms with van der Waals surface area (Å²) in [4.78, 5) is 13.9. The maximum Gasteiger partial charge on any atom is 0.226 e. The van der Waals surface area contributed by atoms with Gasteiger partial charge >= 0.3 is 0 Å². The molecular formula is C15H23NO. The second-order valence-electron chi connectivity index (χ2n) is 4.28. The third-order valence-corrected chi connectivity index (χ3v) is 2.97. The SMILES string of the molecule is CCCCN(C(=O)CC)c1cccc(CC)c1. The lowest BCUT2D eigenvalue weighted by Crippen LogP contribution is -2.31. The largest absolute Gasteiger partial charge is 0.312 e. The van der Waals surface area contributed by atoms with Crippen LogP contribution in [0.5, 0.6) is 0 Å². The number of carbonyl (C=O) groups is 1. The number of hydrogen-bond acceptors (Lipinski definition) is 1. The topological polar surface area (TPSA) is 20.3 Å². The van der Waals surface area contributed by atoms with Gasteiger partial charge in [-0.2, -0.15) is 0 Å². The van der Waals surface area contributed by atoms with Crippen molar-refractivity contribution in [3.05, 3.63) is 29.8 Å². The van der Waals surface area contributed by atoms with Crippen molar-refractivity contribution in [1.29, 1.82) is 0 Å². The Kier molecular flexibility index (Phi) is 5.75. The Balaban J connectivity index is 2.90. The molecule has 0 atom stereocenters. The predicted molar refractivity (Wildman–Crippen MR) is 73.4 cm³/mol. The maximum absolute atomic E-state index is 11.9. The first kappa shape index (κ1) is 13.8. The number of rotatable bonds is 6. The van der Waals surface area contributed by atoms with E-state index in [2.05, 4.69) is 26.0 Å². The van der Waals surface area contributed by atoms with Crippen LogP contribution in [0, 0.1) is 0 Å². The molecule has 0 aliphatic heterocycles. The summed E-state index contributed by atoms with van der Waals surface area (Å²) in [7, 11) is 0. The number of amides is 1. The van der Waals surface area contributed by atoms with E-state index in [0.717, 1.165) is 31.5 Å². The number of benzene rings is 1. The highest BCUT2D eigenvalue weighted by Crippen LogP contribution is 2.18. The Morgan fingerprint density at radius 2 is 2.00 bits per heavy atom. The number of aryl methyl sites for hydroxylation is 1. The zero-order chi connectivity index (χ0) is 12.7. The molecule has 0 heterocycles. The molecule has 0 aliphatic rings. The van der Waals surface area contributed by atoms with E-state index >= 15 is 0 Å². The molecule has 1 rings (SSSR count). The van der Waals surface area contributed by atoms with Crippen molar-refractivity contribution in [2.75, 3.05) is 11.4 Å². The van der Waals surface area contributed by atoms with Crippen molar-refractivity contribution in [2.45, 2.75) is 46.5 Å². The lowest BCUT2D eigenvalue weighted by atomic mass is 10.1. The van der Waals surface area contributed by atoms with Gasteiger partial charge in [-0.15, -0.1) is 0 Å². The fourth-order valence-electron chi connectivity index (χ4n) is 1.85. The summed E-state index contributed by atoms with van der Waals surface area (Å²) in [6.07, 6.45) is 3.75. The van der Waals surface area contributed by atoms with Gasteiger partial charge in [-0.25, -0.2) is 0 Å². The summed E-state index contributed by atoms with van der Waals surface area (Å²) < 4.78 is 0. The average Bonchev–Trinajstić information content (AvgIpc) is 2.39. The highest BCUT2D eigenvalue weighted by atomic mass is 16.2. The molecule has 0 aromatic heterocycles. The molecule has 94 valence electrons. The first-order chi connectivity index (χ1) is 8.22. The number of carbonyl (C=O) groups excluding carboxylic acids is 1. The molecule has 17 heavy (non-hydrogen) atoms. The van der Waals surface area contributed by atoms with Crippen LogP contribution in [0.15, 0.2) is 24.3 Å². The van der Waals surface area contributed by atoms with Crippen LogP contribution in [0.25, 0.3) is 0 Å². The van der Waals surface area contributed by atoms with Gasteiger partial charge in [0.2, 0.25) is 5.91 Å². The molecule has 1 aromatic carbocycles. The summed E-state index contributed by atoms with van der Waals surface area (Å²) in [6.45, 7) is 7.04. The van der Waals surface area contributed by atoms with Crippen LogP contribution in [0.2, 0.25) is 0 Å². The molecule has 0 saturated carbocycles. The first-order valence-corrected chi connectivity index (χ1v) is 6.62. The smallest absolute Gasteiger partial charge is 0.226 e. The summed E-state index contributed by atoms with van der Waals surface area (Å²) in [5, 5.41) is 0. The fourth-order valence-corrected chi connectivity index (χ4v) is 1.85. The molecule has 0 unspecified atom stereocenters. The normalized spacial score (nSPS) is 10.3. The molecule has 0 aliphatic carbocycles. The molecule has 0 radical (unpaired) electrons. The Bertz CT molecular complexity index is 360. The van der Waals surface area contributed by atoms with Crippen molar-refractivity contribution >= 4 is 11.6 Å². The van der Waals surface area contributed by atoms with Gasteiger partial charge in [-0.1, -0.05) is 39.3 Å². The Labute approximate surface area is 105 Å². The number of unbranched alkanes of at least 4 members (excludes halogenated alkanes) is 1.